The van der Waals surface area contributed by atoms with Crippen molar-refractivity contribution in [2.24, 2.45) is 7.05 Å². The van der Waals surface area contributed by atoms with Crippen LogP contribution in [-0.4, -0.2) is 31.6 Å². The Balaban J connectivity index is 1.98. The number of rotatable bonds is 6. The second kappa shape index (κ2) is 10.5. The summed E-state index contributed by atoms with van der Waals surface area (Å²) in [6.45, 7) is 2.29. The Bertz CT molecular complexity index is 1820. The summed E-state index contributed by atoms with van der Waals surface area (Å²) >= 11 is 0.790. The quantitative estimate of drug-likeness (QED) is 0.155. The molecule has 0 unspecified atom stereocenters. The predicted octanol–water partition coefficient (Wildman–Crippen LogP) is 5.74. The number of aromatic nitrogens is 3. The molecule has 2 aromatic heterocycles. The Kier molecular flexibility index (Phi) is 7.69. The number of nitrogens with zero attached hydrogens (tertiary/aromatic N) is 3. The Morgan fingerprint density at radius 1 is 1.00 bits per heavy atom. The number of aryl methyl sites for hydroxylation is 1. The molecule has 0 amide bonds. The van der Waals surface area contributed by atoms with E-state index in [2.05, 4.69) is 9.26 Å². The van der Waals surface area contributed by atoms with Crippen molar-refractivity contribution in [1.82, 2.24) is 13.5 Å². The van der Waals surface area contributed by atoms with Gasteiger partial charge in [0.15, 0.2) is 5.75 Å². The third-order valence-corrected chi connectivity index (χ3v) is 6.93. The lowest BCUT2D eigenvalue weighted by Gasteiger charge is -2.23. The fourth-order valence-corrected chi connectivity index (χ4v) is 4.90. The lowest BCUT2D eigenvalue weighted by molar-refractivity contribution is -0.281. The largest absolute Gasteiger partial charge is 0.453 e. The van der Waals surface area contributed by atoms with E-state index in [1.54, 1.807) is 0 Å². The molecule has 0 aliphatic rings. The van der Waals surface area contributed by atoms with Crippen molar-refractivity contribution < 1.29 is 49.7 Å². The average Bonchev–Trinajstić information content (AvgIpc) is 3.27. The van der Waals surface area contributed by atoms with E-state index in [9.17, 15) is 49.5 Å². The van der Waals surface area contributed by atoms with E-state index in [4.69, 9.17) is 4.89 Å². The highest BCUT2D eigenvalue weighted by molar-refractivity contribution is 7.13. The van der Waals surface area contributed by atoms with Crippen molar-refractivity contribution in [2.45, 2.75) is 38.5 Å². The van der Waals surface area contributed by atoms with Crippen LogP contribution in [-0.2, 0) is 29.3 Å². The van der Waals surface area contributed by atoms with Gasteiger partial charge < -0.3 is 0 Å². The normalized spacial score (nSPS) is 12.5. The van der Waals surface area contributed by atoms with Gasteiger partial charge in [-0.05, 0) is 48.3 Å². The summed E-state index contributed by atoms with van der Waals surface area (Å²) in [5.74, 6) is -6.93. The maximum atomic E-state index is 14.3. The summed E-state index contributed by atoms with van der Waals surface area (Å²) in [4.78, 5) is 45.8. The summed E-state index contributed by atoms with van der Waals surface area (Å²) < 4.78 is 113. The first-order chi connectivity index (χ1) is 19.3. The van der Waals surface area contributed by atoms with Gasteiger partial charge in [0.2, 0.25) is 0 Å². The van der Waals surface area contributed by atoms with Crippen LogP contribution in [0.15, 0.2) is 46.0 Å². The lowest BCUT2D eigenvalue weighted by Crippen LogP contribution is -2.40. The molecule has 0 bridgehead atoms. The van der Waals surface area contributed by atoms with E-state index in [-0.39, 0.29) is 38.5 Å². The van der Waals surface area contributed by atoms with Gasteiger partial charge in [-0.2, -0.15) is 39.5 Å². The minimum atomic E-state index is -5.96. The molecule has 0 spiro atoms. The van der Waals surface area contributed by atoms with E-state index in [1.807, 2.05) is 0 Å². The van der Waals surface area contributed by atoms with Crippen molar-refractivity contribution in [3.63, 3.8) is 0 Å². The minimum absolute atomic E-state index is 0.0654. The Hall–Kier alpha value is -4.28. The molecule has 4 rings (SSSR count). The number of fused-ring (bicyclic) bond motifs is 1. The molecule has 0 aliphatic carbocycles. The van der Waals surface area contributed by atoms with E-state index < -0.39 is 58.9 Å². The number of alkyl halides is 8. The zero-order valence-electron chi connectivity index (χ0n) is 21.5. The summed E-state index contributed by atoms with van der Waals surface area (Å²) in [6, 6.07) is 6.26. The molecule has 0 aliphatic heterocycles. The molecule has 0 fully saturated rings. The van der Waals surface area contributed by atoms with Gasteiger partial charge in [0.05, 0.1) is 22.5 Å². The van der Waals surface area contributed by atoms with Crippen LogP contribution in [0.5, 0.6) is 5.75 Å². The molecule has 224 valence electrons. The topological polar surface area (TPSA) is 92.4 Å². The van der Waals surface area contributed by atoms with Crippen LogP contribution in [0.1, 0.15) is 23.7 Å². The van der Waals surface area contributed by atoms with Crippen LogP contribution in [0.3, 0.4) is 0 Å². The molecule has 42 heavy (non-hydrogen) atoms. The number of hydrogen-bond donors (Lipinski definition) is 0. The van der Waals surface area contributed by atoms with Gasteiger partial charge in [-0.25, -0.2) is 14.2 Å². The average molecular weight is 623 g/mol. The molecule has 0 N–H and O–H groups in total. The minimum Gasteiger partial charge on any atom is -0.292 e. The number of hydrogen-bond acceptors (Lipinski definition) is 7. The molecule has 0 atom stereocenters. The van der Waals surface area contributed by atoms with Gasteiger partial charge >= 0.3 is 29.9 Å². The first-order valence-electron chi connectivity index (χ1n) is 11.6. The summed E-state index contributed by atoms with van der Waals surface area (Å²) in [7, 11) is 0.808. The lowest BCUT2D eigenvalue weighted by atomic mass is 9.92. The molecular formula is C25H17F8N3O5S. The van der Waals surface area contributed by atoms with Crippen molar-refractivity contribution in [3.05, 3.63) is 74.1 Å². The van der Waals surface area contributed by atoms with Gasteiger partial charge in [0.25, 0.3) is 5.56 Å². The van der Waals surface area contributed by atoms with Crippen molar-refractivity contribution in [2.75, 3.05) is 0 Å². The van der Waals surface area contributed by atoms with E-state index in [1.165, 1.54) is 25.1 Å². The van der Waals surface area contributed by atoms with Crippen LogP contribution in [0.4, 0.5) is 35.1 Å². The Labute approximate surface area is 233 Å². The molecule has 0 saturated carbocycles. The van der Waals surface area contributed by atoms with Gasteiger partial charge in [0, 0.05) is 36.6 Å². The number of carbonyl (C=O) groups excluding carboxylic acids is 1. The highest BCUT2D eigenvalue weighted by atomic mass is 32.1. The van der Waals surface area contributed by atoms with E-state index >= 15 is 0 Å². The van der Waals surface area contributed by atoms with Gasteiger partial charge in [-0.1, -0.05) is 6.07 Å². The molecule has 0 radical (unpaired) electrons. The van der Waals surface area contributed by atoms with Gasteiger partial charge in [-0.15, -0.1) is 0 Å². The molecule has 4 aromatic rings. The maximum Gasteiger partial charge on any atom is 0.453 e. The zero-order chi connectivity index (χ0) is 31.4. The fraction of sp³-hybridized carbons (Fsp3) is 0.280. The van der Waals surface area contributed by atoms with Gasteiger partial charge in [-0.3, -0.25) is 19.1 Å². The molecular weight excluding hydrogens is 606 g/mol. The number of carbonyl (C=O) groups is 1. The fourth-order valence-electron chi connectivity index (χ4n) is 4.14. The zero-order valence-corrected chi connectivity index (χ0v) is 22.3. The second-order valence-corrected chi connectivity index (χ2v) is 9.83. The maximum absolute atomic E-state index is 14.3. The van der Waals surface area contributed by atoms with E-state index in [0.29, 0.717) is 9.27 Å². The summed E-state index contributed by atoms with van der Waals surface area (Å²) in [5, 5.41) is 0.0654. The highest BCUT2D eigenvalue weighted by Gasteiger charge is 2.57. The van der Waals surface area contributed by atoms with Crippen LogP contribution < -0.4 is 16.1 Å². The van der Waals surface area contributed by atoms with E-state index in [0.717, 1.165) is 37.6 Å². The first kappa shape index (κ1) is 30.7. The highest BCUT2D eigenvalue weighted by Crippen LogP contribution is 2.45. The van der Waals surface area contributed by atoms with Crippen molar-refractivity contribution in [1.29, 1.82) is 0 Å². The summed E-state index contributed by atoms with van der Waals surface area (Å²) in [5.41, 5.74) is -5.38. The molecule has 17 heteroatoms. The third-order valence-electron chi connectivity index (χ3n) is 6.10. The van der Waals surface area contributed by atoms with Crippen LogP contribution in [0, 0.1) is 6.92 Å². The second-order valence-electron chi connectivity index (χ2n) is 9.03. The Morgan fingerprint density at radius 2 is 1.67 bits per heavy atom. The molecule has 0 saturated heterocycles. The Morgan fingerprint density at radius 3 is 2.26 bits per heavy atom. The standard InChI is InChI=1S/C25H17F8N3O5S/c1-11-4-6-16(41-40-12(2)37)15(10-23(26,27)25(31,32)33)20(11)21-14-8-13(5-7-17(14)42-34-21)36-19(38)9-18(24(28,29)30)35(3)22(36)39/h4-9H,10H2,1-3H3. The van der Waals surface area contributed by atoms with Crippen LogP contribution in [0.2, 0.25) is 0 Å². The first-order valence-corrected chi connectivity index (χ1v) is 12.3. The van der Waals surface area contributed by atoms with Crippen LogP contribution in [0.25, 0.3) is 27.0 Å². The number of benzene rings is 2. The molecule has 8 nitrogen and oxygen atoms in total. The van der Waals surface area contributed by atoms with Gasteiger partial charge in [0.1, 0.15) is 5.69 Å². The SMILES string of the molecule is CC(=O)OOc1ccc(C)c(-c2nsc3ccc(-n4c(=O)cc(C(F)(F)F)n(C)c4=O)cc23)c1CC(F)(F)C(F)(F)F. The predicted molar refractivity (Wildman–Crippen MR) is 133 cm³/mol. The third kappa shape index (κ3) is 5.60. The molecule has 2 heterocycles. The smallest absolute Gasteiger partial charge is 0.292 e. The summed E-state index contributed by atoms with van der Waals surface area (Å²) in [6.07, 6.45) is -12.9. The van der Waals surface area contributed by atoms with Crippen molar-refractivity contribution >= 4 is 27.6 Å². The molecule has 2 aromatic carbocycles. The van der Waals surface area contributed by atoms with Crippen LogP contribution >= 0.6 is 11.5 Å². The van der Waals surface area contributed by atoms with Crippen molar-refractivity contribution in [3.8, 4) is 22.7 Å². The monoisotopic (exact) mass is 623 g/mol. The number of halogens is 8.